The highest BCUT2D eigenvalue weighted by Gasteiger charge is 2.15. The summed E-state index contributed by atoms with van der Waals surface area (Å²) < 4.78 is 5.16. The van der Waals surface area contributed by atoms with Gasteiger partial charge in [-0.05, 0) is 33.6 Å². The van der Waals surface area contributed by atoms with Crippen molar-refractivity contribution < 1.29 is 19.4 Å². The lowest BCUT2D eigenvalue weighted by Crippen LogP contribution is -2.32. The van der Waals surface area contributed by atoms with Crippen LogP contribution in [0.1, 0.15) is 98.8 Å². The molecule has 0 aliphatic rings. The lowest BCUT2D eigenvalue weighted by Gasteiger charge is -2.19. The van der Waals surface area contributed by atoms with Crippen molar-refractivity contribution in [3.05, 3.63) is 0 Å². The Kier molecular flexibility index (Phi) is 17.3. The molecule has 0 aromatic carbocycles. The summed E-state index contributed by atoms with van der Waals surface area (Å²) >= 11 is 0. The standard InChI is InChI=1S/C17H33NO4.C2H6/c1-17(2,3)22-16(21)18-14-12-10-8-6-4-5-7-9-11-13-15(19)20;1-2/h4-14H2,1-3H3,(H,18,21)(H,19,20);1-2H3. The Morgan fingerprint density at radius 1 is 0.833 bits per heavy atom. The number of alkyl carbamates (subject to hydrolysis) is 1. The van der Waals surface area contributed by atoms with Crippen molar-refractivity contribution in [1.82, 2.24) is 5.32 Å². The van der Waals surface area contributed by atoms with Crippen molar-refractivity contribution in [2.45, 2.75) is 104 Å². The smallest absolute Gasteiger partial charge is 0.407 e. The van der Waals surface area contributed by atoms with Crippen LogP contribution >= 0.6 is 0 Å². The van der Waals surface area contributed by atoms with Crippen LogP contribution in [0.5, 0.6) is 0 Å². The van der Waals surface area contributed by atoms with E-state index in [1.165, 1.54) is 25.7 Å². The van der Waals surface area contributed by atoms with Gasteiger partial charge in [0.2, 0.25) is 0 Å². The fourth-order valence-electron chi connectivity index (χ4n) is 2.14. The van der Waals surface area contributed by atoms with E-state index in [1.54, 1.807) is 0 Å². The largest absolute Gasteiger partial charge is 0.481 e. The molecular weight excluding hydrogens is 306 g/mol. The van der Waals surface area contributed by atoms with Crippen molar-refractivity contribution in [1.29, 1.82) is 0 Å². The minimum Gasteiger partial charge on any atom is -0.481 e. The van der Waals surface area contributed by atoms with E-state index in [9.17, 15) is 9.59 Å². The van der Waals surface area contributed by atoms with Crippen molar-refractivity contribution in [3.63, 3.8) is 0 Å². The summed E-state index contributed by atoms with van der Waals surface area (Å²) in [6.07, 6.45) is 9.82. The lowest BCUT2D eigenvalue weighted by molar-refractivity contribution is -0.137. The second-order valence-electron chi connectivity index (χ2n) is 6.75. The zero-order valence-electron chi connectivity index (χ0n) is 16.5. The molecular formula is C19H39NO4. The van der Waals surface area contributed by atoms with E-state index < -0.39 is 11.6 Å². The number of carbonyl (C=O) groups excluding carboxylic acids is 1. The number of carboxylic acids is 1. The molecule has 0 aliphatic carbocycles. The van der Waals surface area contributed by atoms with Gasteiger partial charge in [0.1, 0.15) is 5.60 Å². The van der Waals surface area contributed by atoms with Gasteiger partial charge in [0, 0.05) is 13.0 Å². The van der Waals surface area contributed by atoms with E-state index >= 15 is 0 Å². The Bertz CT molecular complexity index is 311. The molecule has 1 amide bonds. The zero-order chi connectivity index (χ0) is 18.8. The average molecular weight is 346 g/mol. The normalized spacial score (nSPS) is 10.5. The molecule has 0 spiro atoms. The first-order valence-electron chi connectivity index (χ1n) is 9.50. The van der Waals surface area contributed by atoms with Crippen LogP contribution in [0.4, 0.5) is 4.79 Å². The maximum Gasteiger partial charge on any atom is 0.407 e. The minimum absolute atomic E-state index is 0.296. The molecule has 24 heavy (non-hydrogen) atoms. The quantitative estimate of drug-likeness (QED) is 0.456. The predicted molar refractivity (Wildman–Crippen MR) is 99.4 cm³/mol. The number of amides is 1. The monoisotopic (exact) mass is 345 g/mol. The van der Waals surface area contributed by atoms with Crippen molar-refractivity contribution in [3.8, 4) is 0 Å². The van der Waals surface area contributed by atoms with Crippen LogP contribution in [-0.2, 0) is 9.53 Å². The molecule has 0 fully saturated rings. The Hall–Kier alpha value is -1.26. The summed E-state index contributed by atoms with van der Waals surface area (Å²) in [6, 6.07) is 0. The van der Waals surface area contributed by atoms with E-state index in [0.717, 1.165) is 32.1 Å². The van der Waals surface area contributed by atoms with Gasteiger partial charge in [-0.1, -0.05) is 58.8 Å². The van der Waals surface area contributed by atoms with E-state index in [-0.39, 0.29) is 6.09 Å². The molecule has 144 valence electrons. The van der Waals surface area contributed by atoms with Crippen LogP contribution in [0, 0.1) is 0 Å². The molecule has 2 N–H and O–H groups in total. The molecule has 0 rings (SSSR count). The topological polar surface area (TPSA) is 75.6 Å². The number of nitrogens with one attached hydrogen (secondary N) is 1. The highest BCUT2D eigenvalue weighted by molar-refractivity contribution is 5.67. The number of carboxylic acid groups (broad SMARTS) is 1. The molecule has 5 nitrogen and oxygen atoms in total. The zero-order valence-corrected chi connectivity index (χ0v) is 16.5. The van der Waals surface area contributed by atoms with Crippen LogP contribution in [0.15, 0.2) is 0 Å². The number of hydrogen-bond donors (Lipinski definition) is 2. The summed E-state index contributed by atoms with van der Waals surface area (Å²) in [5.74, 6) is -0.694. The Balaban J connectivity index is 0. The first-order chi connectivity index (χ1) is 11.3. The molecule has 0 aromatic heterocycles. The van der Waals surface area contributed by atoms with Gasteiger partial charge in [-0.3, -0.25) is 4.79 Å². The van der Waals surface area contributed by atoms with Gasteiger partial charge >= 0.3 is 12.1 Å². The number of aliphatic carboxylic acids is 1. The van der Waals surface area contributed by atoms with Crippen LogP contribution in [0.3, 0.4) is 0 Å². The van der Waals surface area contributed by atoms with Crippen molar-refractivity contribution in [2.75, 3.05) is 6.54 Å². The third-order valence-corrected chi connectivity index (χ3v) is 3.24. The third-order valence-electron chi connectivity index (χ3n) is 3.24. The molecule has 5 heteroatoms. The molecule has 0 bridgehead atoms. The Labute approximate surface area is 148 Å². The first-order valence-corrected chi connectivity index (χ1v) is 9.50. The maximum absolute atomic E-state index is 11.4. The van der Waals surface area contributed by atoms with E-state index in [2.05, 4.69) is 5.32 Å². The van der Waals surface area contributed by atoms with Gasteiger partial charge in [-0.15, -0.1) is 0 Å². The highest BCUT2D eigenvalue weighted by Crippen LogP contribution is 2.10. The van der Waals surface area contributed by atoms with E-state index in [0.29, 0.717) is 13.0 Å². The van der Waals surface area contributed by atoms with Gasteiger partial charge in [0.05, 0.1) is 0 Å². The van der Waals surface area contributed by atoms with Gasteiger partial charge in [-0.2, -0.15) is 0 Å². The average Bonchev–Trinajstić information content (AvgIpc) is 2.48. The second-order valence-corrected chi connectivity index (χ2v) is 6.75. The summed E-state index contributed by atoms with van der Waals surface area (Å²) in [5.41, 5.74) is -0.436. The number of unbranched alkanes of at least 4 members (excludes halogenated alkanes) is 8. The first kappa shape index (κ1) is 25.0. The third kappa shape index (κ3) is 23.0. The van der Waals surface area contributed by atoms with Gasteiger partial charge in [0.25, 0.3) is 0 Å². The van der Waals surface area contributed by atoms with Crippen LogP contribution in [0.2, 0.25) is 0 Å². The molecule has 0 radical (unpaired) electrons. The van der Waals surface area contributed by atoms with Gasteiger partial charge in [0.15, 0.2) is 0 Å². The summed E-state index contributed by atoms with van der Waals surface area (Å²) in [4.78, 5) is 21.7. The number of rotatable bonds is 12. The molecule has 0 unspecified atom stereocenters. The minimum atomic E-state index is -0.694. The Morgan fingerprint density at radius 2 is 1.25 bits per heavy atom. The number of ether oxygens (including phenoxy) is 1. The predicted octanol–water partition coefficient (Wildman–Crippen LogP) is 5.52. The molecule has 0 aliphatic heterocycles. The molecule has 0 saturated heterocycles. The van der Waals surface area contributed by atoms with Crippen LogP contribution in [-0.4, -0.2) is 29.3 Å². The summed E-state index contributed by atoms with van der Waals surface area (Å²) in [6.45, 7) is 10.2. The molecule has 0 heterocycles. The highest BCUT2D eigenvalue weighted by atomic mass is 16.6. The summed E-state index contributed by atoms with van der Waals surface area (Å²) in [7, 11) is 0. The fraction of sp³-hybridized carbons (Fsp3) is 0.895. The van der Waals surface area contributed by atoms with Crippen LogP contribution < -0.4 is 5.32 Å². The maximum atomic E-state index is 11.4. The molecule has 0 saturated carbocycles. The fourth-order valence-corrected chi connectivity index (χ4v) is 2.14. The van der Waals surface area contributed by atoms with E-state index in [1.807, 2.05) is 34.6 Å². The Morgan fingerprint density at radius 3 is 1.67 bits per heavy atom. The number of hydrogen-bond acceptors (Lipinski definition) is 3. The number of carbonyl (C=O) groups is 2. The molecule has 0 aromatic rings. The lowest BCUT2D eigenvalue weighted by atomic mass is 10.1. The van der Waals surface area contributed by atoms with Crippen molar-refractivity contribution in [2.24, 2.45) is 0 Å². The van der Waals surface area contributed by atoms with Crippen molar-refractivity contribution >= 4 is 12.1 Å². The van der Waals surface area contributed by atoms with Crippen LogP contribution in [0.25, 0.3) is 0 Å². The summed E-state index contributed by atoms with van der Waals surface area (Å²) in [5, 5.41) is 11.3. The second kappa shape index (κ2) is 16.6. The molecule has 0 atom stereocenters. The SMILES string of the molecule is CC.CC(C)(C)OC(=O)NCCCCCCCCCCCC(=O)O. The van der Waals surface area contributed by atoms with E-state index in [4.69, 9.17) is 9.84 Å². The van der Waals surface area contributed by atoms with Gasteiger partial charge < -0.3 is 15.2 Å². The van der Waals surface area contributed by atoms with Gasteiger partial charge in [-0.25, -0.2) is 4.79 Å².